The Kier molecular flexibility index (Phi) is 7.09. The molecule has 1 N–H and O–H groups in total. The Labute approximate surface area is 124 Å². The van der Waals surface area contributed by atoms with Crippen molar-refractivity contribution in [3.63, 3.8) is 0 Å². The SMILES string of the molecule is CCCN(CC(=O)O)C(=O)CCCc1ccc(Cl)cc1. The summed E-state index contributed by atoms with van der Waals surface area (Å²) in [5.74, 6) is -1.06. The number of carboxylic acid groups (broad SMARTS) is 1. The molecule has 0 heterocycles. The van der Waals surface area contributed by atoms with Gasteiger partial charge < -0.3 is 10.0 Å². The maximum absolute atomic E-state index is 12.0. The van der Waals surface area contributed by atoms with Gasteiger partial charge in [-0.15, -0.1) is 0 Å². The van der Waals surface area contributed by atoms with Crippen molar-refractivity contribution >= 4 is 23.5 Å². The number of carboxylic acids is 1. The molecule has 0 aliphatic rings. The minimum absolute atomic E-state index is 0.0942. The molecule has 0 unspecified atom stereocenters. The molecule has 0 radical (unpaired) electrons. The lowest BCUT2D eigenvalue weighted by molar-refractivity contribution is -0.144. The molecule has 0 saturated heterocycles. The quantitative estimate of drug-likeness (QED) is 0.802. The maximum atomic E-state index is 12.0. The van der Waals surface area contributed by atoms with Crippen molar-refractivity contribution in [1.82, 2.24) is 4.90 Å². The molecule has 0 fully saturated rings. The normalized spacial score (nSPS) is 10.3. The summed E-state index contributed by atoms with van der Waals surface area (Å²) in [5, 5.41) is 9.48. The molecule has 110 valence electrons. The number of hydrogen-bond acceptors (Lipinski definition) is 2. The van der Waals surface area contributed by atoms with E-state index >= 15 is 0 Å². The average Bonchev–Trinajstić information content (AvgIpc) is 2.40. The zero-order valence-corrected chi connectivity index (χ0v) is 12.4. The molecule has 0 aliphatic carbocycles. The van der Waals surface area contributed by atoms with E-state index in [1.54, 1.807) is 0 Å². The smallest absolute Gasteiger partial charge is 0.323 e. The van der Waals surface area contributed by atoms with Gasteiger partial charge in [0, 0.05) is 18.0 Å². The fourth-order valence-electron chi connectivity index (χ4n) is 1.98. The molecule has 0 aliphatic heterocycles. The first-order chi connectivity index (χ1) is 9.52. The molecule has 1 rings (SSSR count). The number of aryl methyl sites for hydroxylation is 1. The van der Waals surface area contributed by atoms with Gasteiger partial charge in [-0.3, -0.25) is 9.59 Å². The lowest BCUT2D eigenvalue weighted by Crippen LogP contribution is -2.36. The van der Waals surface area contributed by atoms with E-state index in [2.05, 4.69) is 0 Å². The first kappa shape index (κ1) is 16.5. The lowest BCUT2D eigenvalue weighted by Gasteiger charge is -2.19. The van der Waals surface area contributed by atoms with E-state index < -0.39 is 5.97 Å². The highest BCUT2D eigenvalue weighted by atomic mass is 35.5. The maximum Gasteiger partial charge on any atom is 0.323 e. The molecule has 1 aromatic rings. The summed E-state index contributed by atoms with van der Waals surface area (Å²) >= 11 is 5.80. The number of carbonyl (C=O) groups excluding carboxylic acids is 1. The topological polar surface area (TPSA) is 57.6 Å². The molecular weight excluding hydrogens is 278 g/mol. The summed E-state index contributed by atoms with van der Waals surface area (Å²) in [6.07, 6.45) is 2.63. The van der Waals surface area contributed by atoms with Crippen LogP contribution in [0.1, 0.15) is 31.7 Å². The Morgan fingerprint density at radius 3 is 2.45 bits per heavy atom. The molecule has 5 heteroatoms. The van der Waals surface area contributed by atoms with E-state index in [1.165, 1.54) is 4.90 Å². The number of rotatable bonds is 8. The van der Waals surface area contributed by atoms with Crippen LogP contribution in [0, 0.1) is 0 Å². The van der Waals surface area contributed by atoms with Crippen LogP contribution < -0.4 is 0 Å². The van der Waals surface area contributed by atoms with E-state index in [1.807, 2.05) is 31.2 Å². The van der Waals surface area contributed by atoms with Crippen LogP contribution in [0.3, 0.4) is 0 Å². The number of amides is 1. The Bertz CT molecular complexity index is 445. The van der Waals surface area contributed by atoms with Crippen LogP contribution in [0.4, 0.5) is 0 Å². The lowest BCUT2D eigenvalue weighted by atomic mass is 10.1. The van der Waals surface area contributed by atoms with Gasteiger partial charge >= 0.3 is 5.97 Å². The highest BCUT2D eigenvalue weighted by Gasteiger charge is 2.15. The number of benzene rings is 1. The second kappa shape index (κ2) is 8.59. The predicted molar refractivity (Wildman–Crippen MR) is 78.9 cm³/mol. The highest BCUT2D eigenvalue weighted by molar-refractivity contribution is 6.30. The molecule has 0 bridgehead atoms. The fourth-order valence-corrected chi connectivity index (χ4v) is 2.10. The van der Waals surface area contributed by atoms with Gasteiger partial charge in [0.05, 0.1) is 0 Å². The first-order valence-corrected chi connectivity index (χ1v) is 7.14. The second-order valence-corrected chi connectivity index (χ2v) is 5.13. The van der Waals surface area contributed by atoms with Crippen LogP contribution >= 0.6 is 11.6 Å². The van der Waals surface area contributed by atoms with Crippen molar-refractivity contribution in [2.45, 2.75) is 32.6 Å². The Balaban J connectivity index is 2.40. The van der Waals surface area contributed by atoms with Gasteiger partial charge in [-0.1, -0.05) is 30.7 Å². The molecule has 0 atom stereocenters. The van der Waals surface area contributed by atoms with E-state index in [-0.39, 0.29) is 12.5 Å². The van der Waals surface area contributed by atoms with Crippen LogP contribution in [0.2, 0.25) is 5.02 Å². The minimum Gasteiger partial charge on any atom is -0.480 e. The molecule has 0 aromatic heterocycles. The van der Waals surface area contributed by atoms with Crippen molar-refractivity contribution < 1.29 is 14.7 Å². The number of halogens is 1. The summed E-state index contributed by atoms with van der Waals surface area (Å²) in [4.78, 5) is 24.1. The Morgan fingerprint density at radius 1 is 1.25 bits per heavy atom. The van der Waals surface area contributed by atoms with Crippen LogP contribution in [0.15, 0.2) is 24.3 Å². The summed E-state index contributed by atoms with van der Waals surface area (Å²) < 4.78 is 0. The number of nitrogens with zero attached hydrogens (tertiary/aromatic N) is 1. The Hall–Kier alpha value is -1.55. The van der Waals surface area contributed by atoms with Crippen LogP contribution in [0.25, 0.3) is 0 Å². The van der Waals surface area contributed by atoms with Gasteiger partial charge in [0.1, 0.15) is 6.54 Å². The van der Waals surface area contributed by atoms with Gasteiger partial charge in [-0.05, 0) is 37.0 Å². The number of carbonyl (C=O) groups is 2. The fraction of sp³-hybridized carbons (Fsp3) is 0.467. The summed E-state index contributed by atoms with van der Waals surface area (Å²) in [7, 11) is 0. The van der Waals surface area contributed by atoms with Crippen molar-refractivity contribution in [3.05, 3.63) is 34.9 Å². The molecule has 20 heavy (non-hydrogen) atoms. The highest BCUT2D eigenvalue weighted by Crippen LogP contribution is 2.12. The third kappa shape index (κ3) is 6.06. The van der Waals surface area contributed by atoms with Gasteiger partial charge in [-0.2, -0.15) is 0 Å². The van der Waals surface area contributed by atoms with Crippen LogP contribution in [-0.2, 0) is 16.0 Å². The summed E-state index contributed by atoms with van der Waals surface area (Å²) in [6, 6.07) is 7.53. The van der Waals surface area contributed by atoms with E-state index in [0.717, 1.165) is 18.4 Å². The molecular formula is C15H20ClNO3. The summed E-state index contributed by atoms with van der Waals surface area (Å²) in [6.45, 7) is 2.20. The molecule has 0 saturated carbocycles. The number of hydrogen-bond donors (Lipinski definition) is 1. The number of aliphatic carboxylic acids is 1. The van der Waals surface area contributed by atoms with Crippen LogP contribution in [-0.4, -0.2) is 35.0 Å². The molecule has 0 spiro atoms. The van der Waals surface area contributed by atoms with Gasteiger partial charge in [0.15, 0.2) is 0 Å². The zero-order chi connectivity index (χ0) is 15.0. The van der Waals surface area contributed by atoms with Gasteiger partial charge in [0.2, 0.25) is 5.91 Å². The summed E-state index contributed by atoms with van der Waals surface area (Å²) in [5.41, 5.74) is 1.13. The second-order valence-electron chi connectivity index (χ2n) is 4.69. The largest absolute Gasteiger partial charge is 0.480 e. The third-order valence-electron chi connectivity index (χ3n) is 2.94. The van der Waals surface area contributed by atoms with E-state index in [9.17, 15) is 9.59 Å². The molecule has 1 aromatic carbocycles. The predicted octanol–water partition coefficient (Wildman–Crippen LogP) is 2.99. The molecule has 1 amide bonds. The van der Waals surface area contributed by atoms with Crippen LogP contribution in [0.5, 0.6) is 0 Å². The molecule has 4 nitrogen and oxygen atoms in total. The first-order valence-electron chi connectivity index (χ1n) is 6.77. The van der Waals surface area contributed by atoms with E-state index in [4.69, 9.17) is 16.7 Å². The zero-order valence-electron chi connectivity index (χ0n) is 11.6. The van der Waals surface area contributed by atoms with Gasteiger partial charge in [-0.25, -0.2) is 0 Å². The Morgan fingerprint density at radius 2 is 1.90 bits per heavy atom. The standard InChI is InChI=1S/C15H20ClNO3/c1-2-10-17(11-15(19)20)14(18)5-3-4-12-6-8-13(16)9-7-12/h6-9H,2-5,10-11H2,1H3,(H,19,20). The van der Waals surface area contributed by atoms with Crippen molar-refractivity contribution in [1.29, 1.82) is 0 Å². The van der Waals surface area contributed by atoms with Crippen molar-refractivity contribution in [2.75, 3.05) is 13.1 Å². The average molecular weight is 298 g/mol. The van der Waals surface area contributed by atoms with Crippen molar-refractivity contribution in [2.24, 2.45) is 0 Å². The minimum atomic E-state index is -0.968. The van der Waals surface area contributed by atoms with Gasteiger partial charge in [0.25, 0.3) is 0 Å². The van der Waals surface area contributed by atoms with Crippen molar-refractivity contribution in [3.8, 4) is 0 Å². The van der Waals surface area contributed by atoms with E-state index in [0.29, 0.717) is 24.4 Å². The monoisotopic (exact) mass is 297 g/mol. The third-order valence-corrected chi connectivity index (χ3v) is 3.19.